The highest BCUT2D eigenvalue weighted by Crippen LogP contribution is 2.14. The molecule has 0 aliphatic heterocycles. The van der Waals surface area contributed by atoms with Crippen molar-refractivity contribution in [2.75, 3.05) is 6.54 Å². The molecule has 1 amide bonds. The summed E-state index contributed by atoms with van der Waals surface area (Å²) in [5, 5.41) is 13.8. The molecule has 0 saturated carbocycles. The highest BCUT2D eigenvalue weighted by Gasteiger charge is 2.24. The highest BCUT2D eigenvalue weighted by atomic mass is 35.5. The maximum absolute atomic E-state index is 12.6. The van der Waals surface area contributed by atoms with Crippen molar-refractivity contribution in [1.82, 2.24) is 19.7 Å². The van der Waals surface area contributed by atoms with E-state index in [0.717, 1.165) is 5.56 Å². The first-order valence-electron chi connectivity index (χ1n) is 7.34. The predicted molar refractivity (Wildman–Crippen MR) is 88.8 cm³/mol. The SMILES string of the molecule is CC(C)(C)n1cnc(C(=O)N(CC(=O)O)Cc2ccc(Cl)cc2)n1. The van der Waals surface area contributed by atoms with Gasteiger partial charge in [0.25, 0.3) is 5.91 Å². The quantitative estimate of drug-likeness (QED) is 0.894. The number of hydrogen-bond donors (Lipinski definition) is 1. The average Bonchev–Trinajstić information content (AvgIpc) is 2.97. The summed E-state index contributed by atoms with van der Waals surface area (Å²) >= 11 is 5.84. The van der Waals surface area contributed by atoms with Crippen molar-refractivity contribution in [2.45, 2.75) is 32.9 Å². The van der Waals surface area contributed by atoms with Gasteiger partial charge in [-0.25, -0.2) is 9.67 Å². The molecule has 2 rings (SSSR count). The number of aromatic nitrogens is 3. The number of carbonyl (C=O) groups excluding carboxylic acids is 1. The molecule has 0 unspecified atom stereocenters. The van der Waals surface area contributed by atoms with Gasteiger partial charge in [0, 0.05) is 11.6 Å². The third-order valence-corrected chi connectivity index (χ3v) is 3.52. The fourth-order valence-electron chi connectivity index (χ4n) is 2.00. The summed E-state index contributed by atoms with van der Waals surface area (Å²) < 4.78 is 1.57. The lowest BCUT2D eigenvalue weighted by Gasteiger charge is -2.20. The molecule has 0 aliphatic carbocycles. The summed E-state index contributed by atoms with van der Waals surface area (Å²) in [5.74, 6) is -1.66. The maximum atomic E-state index is 12.6. The lowest BCUT2D eigenvalue weighted by molar-refractivity contribution is -0.137. The molecule has 1 aromatic carbocycles. The van der Waals surface area contributed by atoms with Crippen LogP contribution in [-0.2, 0) is 16.9 Å². The third-order valence-electron chi connectivity index (χ3n) is 3.27. The van der Waals surface area contributed by atoms with Crippen LogP contribution in [0.2, 0.25) is 5.02 Å². The molecule has 24 heavy (non-hydrogen) atoms. The van der Waals surface area contributed by atoms with Gasteiger partial charge in [0.1, 0.15) is 12.9 Å². The number of benzene rings is 1. The molecule has 0 aliphatic rings. The van der Waals surface area contributed by atoms with E-state index in [0.29, 0.717) is 5.02 Å². The minimum Gasteiger partial charge on any atom is -0.480 e. The van der Waals surface area contributed by atoms with E-state index in [4.69, 9.17) is 16.7 Å². The highest BCUT2D eigenvalue weighted by molar-refractivity contribution is 6.30. The van der Waals surface area contributed by atoms with Gasteiger partial charge < -0.3 is 10.0 Å². The van der Waals surface area contributed by atoms with Gasteiger partial charge in [-0.05, 0) is 38.5 Å². The second-order valence-electron chi connectivity index (χ2n) is 6.36. The summed E-state index contributed by atoms with van der Waals surface area (Å²) in [6.07, 6.45) is 1.47. The number of hydrogen-bond acceptors (Lipinski definition) is 4. The van der Waals surface area contributed by atoms with E-state index in [1.54, 1.807) is 28.9 Å². The van der Waals surface area contributed by atoms with Crippen LogP contribution >= 0.6 is 11.6 Å². The Morgan fingerprint density at radius 1 is 1.25 bits per heavy atom. The van der Waals surface area contributed by atoms with Crippen LogP contribution in [0.25, 0.3) is 0 Å². The van der Waals surface area contributed by atoms with Crippen molar-refractivity contribution in [3.63, 3.8) is 0 Å². The van der Waals surface area contributed by atoms with Crippen LogP contribution < -0.4 is 0 Å². The number of carboxylic acid groups (broad SMARTS) is 1. The zero-order valence-corrected chi connectivity index (χ0v) is 14.5. The van der Waals surface area contributed by atoms with Crippen molar-refractivity contribution in [1.29, 1.82) is 0 Å². The second-order valence-corrected chi connectivity index (χ2v) is 6.80. The Bertz CT molecular complexity index is 735. The Kier molecular flexibility index (Phi) is 5.23. The number of carbonyl (C=O) groups is 2. The van der Waals surface area contributed by atoms with Gasteiger partial charge in [-0.1, -0.05) is 23.7 Å². The van der Waals surface area contributed by atoms with Crippen LogP contribution in [-0.4, -0.2) is 43.2 Å². The molecular weight excluding hydrogens is 332 g/mol. The van der Waals surface area contributed by atoms with Gasteiger partial charge >= 0.3 is 5.97 Å². The lowest BCUT2D eigenvalue weighted by Crippen LogP contribution is -2.36. The van der Waals surface area contributed by atoms with E-state index in [2.05, 4.69) is 10.1 Å². The Hall–Kier alpha value is -2.41. The Labute approximate surface area is 144 Å². The summed E-state index contributed by atoms with van der Waals surface area (Å²) in [6, 6.07) is 6.86. The normalized spacial score (nSPS) is 11.3. The van der Waals surface area contributed by atoms with Crippen LogP contribution in [0.15, 0.2) is 30.6 Å². The molecule has 128 valence electrons. The Morgan fingerprint density at radius 2 is 1.88 bits per heavy atom. The summed E-state index contributed by atoms with van der Waals surface area (Å²) in [5.41, 5.74) is 0.448. The predicted octanol–water partition coefficient (Wildman–Crippen LogP) is 2.41. The molecule has 0 fully saturated rings. The molecule has 1 heterocycles. The number of rotatable bonds is 5. The van der Waals surface area contributed by atoms with Crippen molar-refractivity contribution < 1.29 is 14.7 Å². The maximum Gasteiger partial charge on any atom is 0.323 e. The monoisotopic (exact) mass is 350 g/mol. The second kappa shape index (κ2) is 7.00. The van der Waals surface area contributed by atoms with Crippen molar-refractivity contribution in [2.24, 2.45) is 0 Å². The Balaban J connectivity index is 2.23. The van der Waals surface area contributed by atoms with Crippen LogP contribution in [0.4, 0.5) is 0 Å². The largest absolute Gasteiger partial charge is 0.480 e. The van der Waals surface area contributed by atoms with Crippen molar-refractivity contribution in [3.8, 4) is 0 Å². The molecule has 7 nitrogen and oxygen atoms in total. The number of aliphatic carboxylic acids is 1. The van der Waals surface area contributed by atoms with E-state index in [1.165, 1.54) is 11.2 Å². The fourth-order valence-corrected chi connectivity index (χ4v) is 2.12. The first-order valence-corrected chi connectivity index (χ1v) is 7.72. The molecule has 8 heteroatoms. The standard InChI is InChI=1S/C16H19ClN4O3/c1-16(2,3)21-10-18-14(19-21)15(24)20(9-13(22)23)8-11-4-6-12(17)7-5-11/h4-7,10H,8-9H2,1-3H3,(H,22,23). The first-order chi connectivity index (χ1) is 11.2. The molecule has 0 atom stereocenters. The van der Waals surface area contributed by atoms with Gasteiger partial charge in [-0.3, -0.25) is 9.59 Å². The first kappa shape index (κ1) is 17.9. The zero-order valence-electron chi connectivity index (χ0n) is 13.7. The van der Waals surface area contributed by atoms with E-state index >= 15 is 0 Å². The smallest absolute Gasteiger partial charge is 0.323 e. The topological polar surface area (TPSA) is 88.3 Å². The van der Waals surface area contributed by atoms with Gasteiger partial charge in [-0.15, -0.1) is 5.10 Å². The summed E-state index contributed by atoms with van der Waals surface area (Å²) in [7, 11) is 0. The molecule has 2 aromatic rings. The molecule has 0 bridgehead atoms. The number of amides is 1. The van der Waals surface area contributed by atoms with E-state index in [1.807, 2.05) is 20.8 Å². The molecular formula is C16H19ClN4O3. The molecule has 0 saturated heterocycles. The fraction of sp³-hybridized carbons (Fsp3) is 0.375. The molecule has 0 spiro atoms. The Morgan fingerprint density at radius 3 is 2.38 bits per heavy atom. The van der Waals surface area contributed by atoms with Crippen LogP contribution in [0.5, 0.6) is 0 Å². The molecule has 1 aromatic heterocycles. The number of carboxylic acids is 1. The molecule has 1 N–H and O–H groups in total. The van der Waals surface area contributed by atoms with Crippen LogP contribution in [0.1, 0.15) is 37.0 Å². The third kappa shape index (κ3) is 4.55. The van der Waals surface area contributed by atoms with Crippen molar-refractivity contribution in [3.05, 3.63) is 47.0 Å². The van der Waals surface area contributed by atoms with Gasteiger partial charge in [0.15, 0.2) is 0 Å². The van der Waals surface area contributed by atoms with E-state index in [9.17, 15) is 9.59 Å². The van der Waals surface area contributed by atoms with Gasteiger partial charge in [-0.2, -0.15) is 0 Å². The lowest BCUT2D eigenvalue weighted by atomic mass is 10.1. The van der Waals surface area contributed by atoms with E-state index < -0.39 is 18.4 Å². The van der Waals surface area contributed by atoms with Crippen molar-refractivity contribution >= 4 is 23.5 Å². The molecule has 0 radical (unpaired) electrons. The van der Waals surface area contributed by atoms with Crippen LogP contribution in [0, 0.1) is 0 Å². The summed E-state index contributed by atoms with van der Waals surface area (Å²) in [6.45, 7) is 5.48. The van der Waals surface area contributed by atoms with Gasteiger partial charge in [0.05, 0.1) is 5.54 Å². The number of nitrogens with zero attached hydrogens (tertiary/aromatic N) is 4. The minimum absolute atomic E-state index is 0.0276. The minimum atomic E-state index is -1.10. The average molecular weight is 351 g/mol. The zero-order chi connectivity index (χ0) is 17.9. The van der Waals surface area contributed by atoms with E-state index in [-0.39, 0.29) is 17.9 Å². The number of halogens is 1. The van der Waals surface area contributed by atoms with Crippen LogP contribution in [0.3, 0.4) is 0 Å². The summed E-state index contributed by atoms with van der Waals surface area (Å²) in [4.78, 5) is 28.9. The van der Waals surface area contributed by atoms with Gasteiger partial charge in [0.2, 0.25) is 5.82 Å².